The van der Waals surface area contributed by atoms with Gasteiger partial charge in [0.15, 0.2) is 6.10 Å². The molecule has 1 saturated heterocycles. The molecule has 27 heavy (non-hydrogen) atoms. The number of nitrogens with one attached hydrogen (secondary N) is 1. The van der Waals surface area contributed by atoms with Crippen LogP contribution in [-0.4, -0.2) is 87.1 Å². The van der Waals surface area contributed by atoms with Gasteiger partial charge in [-0.05, 0) is 0 Å². The number of rotatable bonds is 7. The number of hydrogen-bond donors (Lipinski definition) is 5. The number of aliphatic hydroxyl groups excluding tert-OH is 2. The van der Waals surface area contributed by atoms with Gasteiger partial charge in [-0.3, -0.25) is 14.4 Å². The Labute approximate surface area is 154 Å². The highest BCUT2D eigenvalue weighted by Crippen LogP contribution is 2.31. The summed E-state index contributed by atoms with van der Waals surface area (Å²) in [5.41, 5.74) is 0. The van der Waals surface area contributed by atoms with E-state index in [2.05, 4.69) is 10.1 Å². The molecule has 0 aromatic rings. The Morgan fingerprint density at radius 3 is 2.26 bits per heavy atom. The van der Waals surface area contributed by atoms with Crippen molar-refractivity contribution in [3.63, 3.8) is 0 Å². The lowest BCUT2D eigenvalue weighted by molar-refractivity contribution is -0.296. The summed E-state index contributed by atoms with van der Waals surface area (Å²) < 4.78 is 14.7. The lowest BCUT2D eigenvalue weighted by Crippen LogP contribution is -2.67. The zero-order valence-electron chi connectivity index (χ0n) is 14.9. The summed E-state index contributed by atoms with van der Waals surface area (Å²) >= 11 is 0. The molecular formula is C15H23NO11. The van der Waals surface area contributed by atoms with Gasteiger partial charge in [0.25, 0.3) is 5.79 Å². The fourth-order valence-corrected chi connectivity index (χ4v) is 2.65. The standard InChI is InChI=1S/C15H23NO11/c1-6(17)16-11-9(20)4-15(24,14(22)23)27-13(11)12(26-8(3)19)10(21)5-25-7(2)18/h9-13,20-21,24H,4-5H2,1-3H3,(H,16,17)(H,22,23)/t9-,10?,11+,12?,13+,15?/m0/s1. The predicted octanol–water partition coefficient (Wildman–Crippen LogP) is -2.73. The third-order valence-corrected chi connectivity index (χ3v) is 3.75. The van der Waals surface area contributed by atoms with E-state index >= 15 is 0 Å². The van der Waals surface area contributed by atoms with Crippen LogP contribution in [0.3, 0.4) is 0 Å². The number of carbonyl (C=O) groups excluding carboxylic acids is 3. The summed E-state index contributed by atoms with van der Waals surface area (Å²) in [6, 6.07) is -1.33. The number of carboxylic acids is 1. The molecular weight excluding hydrogens is 370 g/mol. The average molecular weight is 393 g/mol. The van der Waals surface area contributed by atoms with E-state index in [-0.39, 0.29) is 0 Å². The molecule has 1 heterocycles. The maximum atomic E-state index is 11.4. The summed E-state index contributed by atoms with van der Waals surface area (Å²) in [5, 5.41) is 42.1. The molecule has 0 aromatic carbocycles. The van der Waals surface area contributed by atoms with Gasteiger partial charge < -0.3 is 40.0 Å². The zero-order chi connectivity index (χ0) is 20.9. The molecule has 154 valence electrons. The Bertz CT molecular complexity index is 594. The molecule has 12 heteroatoms. The first-order valence-corrected chi connectivity index (χ1v) is 7.94. The van der Waals surface area contributed by atoms with Crippen molar-refractivity contribution in [2.45, 2.75) is 63.4 Å². The van der Waals surface area contributed by atoms with Gasteiger partial charge in [0, 0.05) is 27.2 Å². The number of ether oxygens (including phenoxy) is 3. The summed E-state index contributed by atoms with van der Waals surface area (Å²) in [6.07, 6.45) is -7.47. The first kappa shape index (κ1) is 22.8. The van der Waals surface area contributed by atoms with Gasteiger partial charge in [0.05, 0.1) is 12.1 Å². The number of aliphatic hydroxyl groups is 3. The van der Waals surface area contributed by atoms with Crippen LogP contribution in [0.1, 0.15) is 27.2 Å². The number of amides is 1. The number of aliphatic carboxylic acids is 1. The average Bonchev–Trinajstić information content (AvgIpc) is 2.52. The van der Waals surface area contributed by atoms with Gasteiger partial charge in [-0.15, -0.1) is 0 Å². The van der Waals surface area contributed by atoms with Crippen molar-refractivity contribution < 1.29 is 53.8 Å². The van der Waals surface area contributed by atoms with Crippen LogP contribution in [0.2, 0.25) is 0 Å². The van der Waals surface area contributed by atoms with Gasteiger partial charge in [0.2, 0.25) is 5.91 Å². The Hall–Kier alpha value is -2.28. The molecule has 0 radical (unpaired) electrons. The molecule has 1 amide bonds. The smallest absolute Gasteiger partial charge is 0.364 e. The van der Waals surface area contributed by atoms with Crippen LogP contribution in [0.25, 0.3) is 0 Å². The third-order valence-electron chi connectivity index (χ3n) is 3.75. The molecule has 1 aliphatic rings. The van der Waals surface area contributed by atoms with Crippen molar-refractivity contribution in [1.82, 2.24) is 5.32 Å². The van der Waals surface area contributed by atoms with E-state index in [1.54, 1.807) is 0 Å². The van der Waals surface area contributed by atoms with E-state index in [9.17, 15) is 34.5 Å². The summed E-state index contributed by atoms with van der Waals surface area (Å²) in [4.78, 5) is 45.1. The number of hydrogen-bond acceptors (Lipinski definition) is 10. The Kier molecular flexibility index (Phi) is 7.65. The first-order valence-electron chi connectivity index (χ1n) is 7.94. The van der Waals surface area contributed by atoms with Gasteiger partial charge >= 0.3 is 17.9 Å². The fourth-order valence-electron chi connectivity index (χ4n) is 2.65. The zero-order valence-corrected chi connectivity index (χ0v) is 14.9. The normalized spacial score (nSPS) is 29.9. The van der Waals surface area contributed by atoms with Crippen molar-refractivity contribution in [3.05, 3.63) is 0 Å². The lowest BCUT2D eigenvalue weighted by atomic mass is 9.88. The van der Waals surface area contributed by atoms with Crippen LogP contribution >= 0.6 is 0 Å². The second kappa shape index (κ2) is 9.08. The quantitative estimate of drug-likeness (QED) is 0.282. The molecule has 12 nitrogen and oxygen atoms in total. The molecule has 1 aliphatic heterocycles. The molecule has 3 unspecified atom stereocenters. The SMILES string of the molecule is CC(=O)N[C@@H]1[C@@H](O)CC(O)(C(=O)O)O[C@H]1C(OC(C)=O)C(O)COC(C)=O. The van der Waals surface area contributed by atoms with Gasteiger partial charge in [-0.1, -0.05) is 0 Å². The highest BCUT2D eigenvalue weighted by atomic mass is 16.7. The highest BCUT2D eigenvalue weighted by Gasteiger charge is 2.55. The number of carboxylic acid groups (broad SMARTS) is 1. The van der Waals surface area contributed by atoms with Gasteiger partial charge in [-0.25, -0.2) is 4.79 Å². The third kappa shape index (κ3) is 6.13. The van der Waals surface area contributed by atoms with Crippen molar-refractivity contribution in [2.75, 3.05) is 6.61 Å². The highest BCUT2D eigenvalue weighted by molar-refractivity contribution is 5.76. The molecule has 0 saturated carbocycles. The maximum absolute atomic E-state index is 11.4. The van der Waals surface area contributed by atoms with E-state index in [1.807, 2.05) is 0 Å². The Balaban J connectivity index is 3.25. The van der Waals surface area contributed by atoms with E-state index in [0.29, 0.717) is 0 Å². The van der Waals surface area contributed by atoms with E-state index in [0.717, 1.165) is 20.8 Å². The molecule has 1 rings (SSSR count). The van der Waals surface area contributed by atoms with Crippen molar-refractivity contribution in [1.29, 1.82) is 0 Å². The van der Waals surface area contributed by atoms with Crippen LogP contribution < -0.4 is 5.32 Å². The molecule has 0 aromatic heterocycles. The summed E-state index contributed by atoms with van der Waals surface area (Å²) in [7, 11) is 0. The van der Waals surface area contributed by atoms with Gasteiger partial charge in [-0.2, -0.15) is 0 Å². The molecule has 5 N–H and O–H groups in total. The molecule has 1 fully saturated rings. The van der Waals surface area contributed by atoms with Crippen molar-refractivity contribution in [3.8, 4) is 0 Å². The van der Waals surface area contributed by atoms with Crippen LogP contribution in [-0.2, 0) is 33.4 Å². The maximum Gasteiger partial charge on any atom is 0.364 e. The monoisotopic (exact) mass is 393 g/mol. The molecule has 0 aliphatic carbocycles. The van der Waals surface area contributed by atoms with Crippen LogP contribution in [0.15, 0.2) is 0 Å². The molecule has 0 bridgehead atoms. The van der Waals surface area contributed by atoms with Crippen LogP contribution in [0, 0.1) is 0 Å². The van der Waals surface area contributed by atoms with Crippen molar-refractivity contribution in [2.24, 2.45) is 0 Å². The topological polar surface area (TPSA) is 189 Å². The second-order valence-corrected chi connectivity index (χ2v) is 6.11. The minimum Gasteiger partial charge on any atom is -0.477 e. The summed E-state index contributed by atoms with van der Waals surface area (Å²) in [6.45, 7) is 2.51. The minimum atomic E-state index is -2.86. The largest absolute Gasteiger partial charge is 0.477 e. The first-order chi connectivity index (χ1) is 12.4. The van der Waals surface area contributed by atoms with E-state index in [1.165, 1.54) is 0 Å². The van der Waals surface area contributed by atoms with Gasteiger partial charge in [0.1, 0.15) is 18.8 Å². The number of esters is 2. The molecule has 0 spiro atoms. The van der Waals surface area contributed by atoms with E-state index < -0.39 is 73.1 Å². The van der Waals surface area contributed by atoms with Crippen LogP contribution in [0.5, 0.6) is 0 Å². The lowest BCUT2D eigenvalue weighted by Gasteiger charge is -2.45. The van der Waals surface area contributed by atoms with Crippen molar-refractivity contribution >= 4 is 23.8 Å². The van der Waals surface area contributed by atoms with E-state index in [4.69, 9.17) is 14.6 Å². The second-order valence-electron chi connectivity index (χ2n) is 6.11. The number of carbonyl (C=O) groups is 4. The summed E-state index contributed by atoms with van der Waals surface area (Å²) in [5.74, 6) is -6.99. The predicted molar refractivity (Wildman–Crippen MR) is 83.9 cm³/mol. The van der Waals surface area contributed by atoms with Crippen LogP contribution in [0.4, 0.5) is 0 Å². The Morgan fingerprint density at radius 1 is 1.22 bits per heavy atom. The Morgan fingerprint density at radius 2 is 1.81 bits per heavy atom. The molecule has 6 atom stereocenters. The fraction of sp³-hybridized carbons (Fsp3) is 0.733. The minimum absolute atomic E-state index is 0.635.